The summed E-state index contributed by atoms with van der Waals surface area (Å²) >= 11 is 3.45. The molecule has 0 aliphatic heterocycles. The fourth-order valence-electron chi connectivity index (χ4n) is 1.58. The Bertz CT molecular complexity index is 532. The van der Waals surface area contributed by atoms with Crippen molar-refractivity contribution in [2.75, 3.05) is 5.73 Å². The summed E-state index contributed by atoms with van der Waals surface area (Å²) < 4.78 is 6.77. The van der Waals surface area contributed by atoms with Crippen molar-refractivity contribution >= 4 is 21.6 Å². The van der Waals surface area contributed by atoms with Crippen LogP contribution in [0.15, 0.2) is 40.9 Å². The van der Waals surface area contributed by atoms with Gasteiger partial charge in [0, 0.05) is 16.2 Å². The second kappa shape index (κ2) is 4.80. The smallest absolute Gasteiger partial charge is 0.129 e. The zero-order valence-corrected chi connectivity index (χ0v) is 11.4. The Hall–Kier alpha value is -1.48. The molecule has 2 aromatic carbocycles. The minimum atomic E-state index is 0.745. The molecular weight excluding hydrogens is 278 g/mol. The van der Waals surface area contributed by atoms with Crippen LogP contribution < -0.4 is 10.5 Å². The molecule has 2 rings (SSSR count). The van der Waals surface area contributed by atoms with Gasteiger partial charge in [0.15, 0.2) is 0 Å². The van der Waals surface area contributed by atoms with Crippen molar-refractivity contribution in [1.29, 1.82) is 0 Å². The van der Waals surface area contributed by atoms with E-state index in [0.717, 1.165) is 32.8 Å². The summed E-state index contributed by atoms with van der Waals surface area (Å²) in [6.45, 7) is 4.00. The van der Waals surface area contributed by atoms with Crippen LogP contribution >= 0.6 is 15.9 Å². The summed E-state index contributed by atoms with van der Waals surface area (Å²) in [4.78, 5) is 0. The van der Waals surface area contributed by atoms with Crippen LogP contribution in [-0.4, -0.2) is 0 Å². The maximum Gasteiger partial charge on any atom is 0.129 e. The molecule has 0 saturated carbocycles. The van der Waals surface area contributed by atoms with Crippen LogP contribution in [0, 0.1) is 13.8 Å². The van der Waals surface area contributed by atoms with Gasteiger partial charge in [0.2, 0.25) is 0 Å². The number of halogens is 1. The molecule has 0 amide bonds. The third kappa shape index (κ3) is 3.01. The van der Waals surface area contributed by atoms with Gasteiger partial charge >= 0.3 is 0 Å². The molecule has 0 aliphatic carbocycles. The van der Waals surface area contributed by atoms with Crippen molar-refractivity contribution in [2.24, 2.45) is 0 Å². The lowest BCUT2D eigenvalue weighted by atomic mass is 10.2. The lowest BCUT2D eigenvalue weighted by Gasteiger charge is -2.09. The van der Waals surface area contributed by atoms with E-state index in [2.05, 4.69) is 15.9 Å². The SMILES string of the molecule is Cc1cc(Br)cc(Oc2ccc(C)c(N)c2)c1. The fraction of sp³-hybridized carbons (Fsp3) is 0.143. The highest BCUT2D eigenvalue weighted by atomic mass is 79.9. The Morgan fingerprint density at radius 2 is 1.76 bits per heavy atom. The molecule has 0 aromatic heterocycles. The molecule has 0 bridgehead atoms. The number of anilines is 1. The molecule has 3 heteroatoms. The van der Waals surface area contributed by atoms with Gasteiger partial charge in [-0.25, -0.2) is 0 Å². The van der Waals surface area contributed by atoms with Gasteiger partial charge in [0.25, 0.3) is 0 Å². The van der Waals surface area contributed by atoms with Gasteiger partial charge in [-0.15, -0.1) is 0 Å². The molecule has 0 atom stereocenters. The molecule has 0 unspecified atom stereocenters. The molecule has 0 radical (unpaired) electrons. The van der Waals surface area contributed by atoms with Gasteiger partial charge in [0.1, 0.15) is 11.5 Å². The largest absolute Gasteiger partial charge is 0.457 e. The van der Waals surface area contributed by atoms with Crippen LogP contribution in [0.2, 0.25) is 0 Å². The third-order valence-electron chi connectivity index (χ3n) is 2.50. The number of nitrogen functional groups attached to an aromatic ring is 1. The lowest BCUT2D eigenvalue weighted by Crippen LogP contribution is -1.91. The predicted molar refractivity (Wildman–Crippen MR) is 74.5 cm³/mol. The van der Waals surface area contributed by atoms with Gasteiger partial charge in [-0.05, 0) is 49.2 Å². The Balaban J connectivity index is 2.28. The van der Waals surface area contributed by atoms with Crippen molar-refractivity contribution < 1.29 is 4.74 Å². The molecule has 2 N–H and O–H groups in total. The molecule has 0 heterocycles. The Labute approximate surface area is 110 Å². The van der Waals surface area contributed by atoms with Gasteiger partial charge in [-0.2, -0.15) is 0 Å². The summed E-state index contributed by atoms with van der Waals surface area (Å²) in [6, 6.07) is 11.7. The second-order valence-electron chi connectivity index (χ2n) is 4.08. The van der Waals surface area contributed by atoms with Crippen LogP contribution in [0.1, 0.15) is 11.1 Å². The summed E-state index contributed by atoms with van der Waals surface area (Å²) in [5.41, 5.74) is 8.80. The maximum absolute atomic E-state index is 5.84. The van der Waals surface area contributed by atoms with E-state index in [-0.39, 0.29) is 0 Å². The van der Waals surface area contributed by atoms with Crippen LogP contribution in [0.3, 0.4) is 0 Å². The van der Waals surface area contributed by atoms with Gasteiger partial charge in [0.05, 0.1) is 0 Å². The average Bonchev–Trinajstić information content (AvgIpc) is 2.22. The summed E-state index contributed by atoms with van der Waals surface area (Å²) in [5, 5.41) is 0. The number of aryl methyl sites for hydroxylation is 2. The molecule has 88 valence electrons. The first-order chi connectivity index (χ1) is 8.04. The Kier molecular flexibility index (Phi) is 3.38. The number of ether oxygens (including phenoxy) is 1. The first kappa shape index (κ1) is 12.0. The number of hydrogen-bond donors (Lipinski definition) is 1. The van der Waals surface area contributed by atoms with E-state index >= 15 is 0 Å². The number of rotatable bonds is 2. The number of benzene rings is 2. The normalized spacial score (nSPS) is 10.3. The molecule has 2 aromatic rings. The first-order valence-corrected chi connectivity index (χ1v) is 6.15. The quantitative estimate of drug-likeness (QED) is 0.830. The minimum absolute atomic E-state index is 0.745. The zero-order valence-electron chi connectivity index (χ0n) is 9.83. The summed E-state index contributed by atoms with van der Waals surface area (Å²) in [5.74, 6) is 1.56. The van der Waals surface area contributed by atoms with E-state index in [1.165, 1.54) is 0 Å². The monoisotopic (exact) mass is 291 g/mol. The van der Waals surface area contributed by atoms with E-state index in [1.807, 2.05) is 50.2 Å². The highest BCUT2D eigenvalue weighted by Gasteiger charge is 2.01. The van der Waals surface area contributed by atoms with Crippen LogP contribution in [0.5, 0.6) is 11.5 Å². The predicted octanol–water partition coefficient (Wildman–Crippen LogP) is 4.44. The molecule has 0 spiro atoms. The van der Waals surface area contributed by atoms with E-state index in [1.54, 1.807) is 0 Å². The lowest BCUT2D eigenvalue weighted by molar-refractivity contribution is 0.482. The van der Waals surface area contributed by atoms with E-state index in [9.17, 15) is 0 Å². The van der Waals surface area contributed by atoms with E-state index < -0.39 is 0 Å². The van der Waals surface area contributed by atoms with Gasteiger partial charge in [-0.3, -0.25) is 0 Å². The molecule has 17 heavy (non-hydrogen) atoms. The average molecular weight is 292 g/mol. The second-order valence-corrected chi connectivity index (χ2v) is 5.00. The Morgan fingerprint density at radius 3 is 2.41 bits per heavy atom. The minimum Gasteiger partial charge on any atom is -0.457 e. The van der Waals surface area contributed by atoms with E-state index in [4.69, 9.17) is 10.5 Å². The fourth-order valence-corrected chi connectivity index (χ4v) is 2.17. The topological polar surface area (TPSA) is 35.2 Å². The highest BCUT2D eigenvalue weighted by Crippen LogP contribution is 2.28. The number of hydrogen-bond acceptors (Lipinski definition) is 2. The van der Waals surface area contributed by atoms with E-state index in [0.29, 0.717) is 0 Å². The van der Waals surface area contributed by atoms with Crippen molar-refractivity contribution in [3.05, 3.63) is 52.0 Å². The molecule has 0 aliphatic rings. The van der Waals surface area contributed by atoms with Crippen LogP contribution in [-0.2, 0) is 0 Å². The van der Waals surface area contributed by atoms with Crippen LogP contribution in [0.4, 0.5) is 5.69 Å². The molecule has 0 saturated heterocycles. The van der Waals surface area contributed by atoms with Crippen molar-refractivity contribution in [2.45, 2.75) is 13.8 Å². The molecular formula is C14H14BrNO. The summed E-state index contributed by atoms with van der Waals surface area (Å²) in [6.07, 6.45) is 0. The highest BCUT2D eigenvalue weighted by molar-refractivity contribution is 9.10. The van der Waals surface area contributed by atoms with Crippen molar-refractivity contribution in [3.8, 4) is 11.5 Å². The Morgan fingerprint density at radius 1 is 1.00 bits per heavy atom. The molecule has 2 nitrogen and oxygen atoms in total. The first-order valence-electron chi connectivity index (χ1n) is 5.36. The summed E-state index contributed by atoms with van der Waals surface area (Å²) in [7, 11) is 0. The van der Waals surface area contributed by atoms with Crippen molar-refractivity contribution in [3.63, 3.8) is 0 Å². The maximum atomic E-state index is 5.84. The van der Waals surface area contributed by atoms with Gasteiger partial charge in [-0.1, -0.05) is 22.0 Å². The number of nitrogens with two attached hydrogens (primary N) is 1. The standard InChI is InChI=1S/C14H14BrNO/c1-9-5-11(15)7-13(6-9)17-12-4-3-10(2)14(16)8-12/h3-8H,16H2,1-2H3. The van der Waals surface area contributed by atoms with Gasteiger partial charge < -0.3 is 10.5 Å². The van der Waals surface area contributed by atoms with Crippen LogP contribution in [0.25, 0.3) is 0 Å². The zero-order chi connectivity index (χ0) is 12.4. The van der Waals surface area contributed by atoms with Crippen molar-refractivity contribution in [1.82, 2.24) is 0 Å². The third-order valence-corrected chi connectivity index (χ3v) is 2.96. The molecule has 0 fully saturated rings.